The molecule has 0 aliphatic heterocycles. The summed E-state index contributed by atoms with van der Waals surface area (Å²) in [5.41, 5.74) is 0.599. The van der Waals surface area contributed by atoms with Crippen LogP contribution >= 0.6 is 0 Å². The van der Waals surface area contributed by atoms with Crippen molar-refractivity contribution in [2.75, 3.05) is 6.61 Å². The number of para-hydroxylation sites is 1. The van der Waals surface area contributed by atoms with Gasteiger partial charge in [-0.1, -0.05) is 12.1 Å². The van der Waals surface area contributed by atoms with Crippen LogP contribution in [0.25, 0.3) is 10.9 Å². The number of H-pyrrole nitrogens is 1. The molecular formula is C14H16N2O3. The molecule has 0 atom stereocenters. The molecule has 0 unspecified atom stereocenters. The summed E-state index contributed by atoms with van der Waals surface area (Å²) in [6.45, 7) is 1.80. The van der Waals surface area contributed by atoms with E-state index in [0.29, 0.717) is 29.8 Å². The summed E-state index contributed by atoms with van der Waals surface area (Å²) in [5, 5.41) is 0.603. The van der Waals surface area contributed by atoms with Crippen molar-refractivity contribution in [2.24, 2.45) is 0 Å². The number of fused-ring (bicyclic) bond motifs is 1. The Labute approximate surface area is 110 Å². The average molecular weight is 260 g/mol. The number of unbranched alkanes of at least 4 members (excludes halogenated alkanes) is 1. The molecule has 19 heavy (non-hydrogen) atoms. The molecule has 0 aliphatic carbocycles. The number of ether oxygens (including phenoxy) is 1. The largest absolute Gasteiger partial charge is 0.466 e. The van der Waals surface area contributed by atoms with Crippen molar-refractivity contribution >= 4 is 16.9 Å². The summed E-state index contributed by atoms with van der Waals surface area (Å²) in [7, 11) is 0. The zero-order valence-electron chi connectivity index (χ0n) is 10.8. The van der Waals surface area contributed by atoms with Crippen molar-refractivity contribution in [3.05, 3.63) is 40.4 Å². The van der Waals surface area contributed by atoms with Crippen LogP contribution < -0.4 is 5.56 Å². The molecule has 0 amide bonds. The molecule has 5 nitrogen and oxygen atoms in total. The third-order valence-corrected chi connectivity index (χ3v) is 2.78. The van der Waals surface area contributed by atoms with Gasteiger partial charge in [-0.25, -0.2) is 4.98 Å². The fraction of sp³-hybridized carbons (Fsp3) is 0.357. The van der Waals surface area contributed by atoms with Crippen LogP contribution in [0.3, 0.4) is 0 Å². The minimum absolute atomic E-state index is 0.111. The molecule has 0 aliphatic rings. The lowest BCUT2D eigenvalue weighted by molar-refractivity contribution is -0.141. The van der Waals surface area contributed by atoms with Crippen molar-refractivity contribution in [3.8, 4) is 0 Å². The predicted molar refractivity (Wildman–Crippen MR) is 71.9 cm³/mol. The van der Waals surface area contributed by atoms with Gasteiger partial charge >= 0.3 is 5.97 Å². The highest BCUT2D eigenvalue weighted by atomic mass is 16.5. The number of nitrogens with zero attached hydrogens (tertiary/aromatic N) is 1. The Kier molecular flexibility index (Phi) is 4.28. The first-order chi connectivity index (χ1) is 9.16. The van der Waals surface area contributed by atoms with Gasteiger partial charge in [0.25, 0.3) is 5.56 Å². The van der Waals surface area contributed by atoms with Gasteiger partial charge in [0.1, 0.15) is 5.82 Å². The zero-order chi connectivity index (χ0) is 13.7. The molecule has 1 N–H and O–H groups in total. The topological polar surface area (TPSA) is 72.0 Å². The molecule has 0 fully saturated rings. The number of aryl methyl sites for hydroxylation is 1. The van der Waals surface area contributed by atoms with E-state index in [4.69, 9.17) is 4.74 Å². The van der Waals surface area contributed by atoms with Gasteiger partial charge in [0, 0.05) is 13.3 Å². The number of hydrogen-bond donors (Lipinski definition) is 1. The van der Waals surface area contributed by atoms with E-state index in [1.807, 2.05) is 18.2 Å². The summed E-state index contributed by atoms with van der Waals surface area (Å²) < 4.78 is 4.84. The fourth-order valence-electron chi connectivity index (χ4n) is 1.86. The number of benzene rings is 1. The van der Waals surface area contributed by atoms with Gasteiger partial charge in [-0.05, 0) is 25.0 Å². The second-order valence-corrected chi connectivity index (χ2v) is 4.33. The first-order valence-corrected chi connectivity index (χ1v) is 6.28. The normalized spacial score (nSPS) is 10.6. The Bertz CT molecular complexity index is 634. The number of aromatic amines is 1. The highest BCUT2D eigenvalue weighted by molar-refractivity contribution is 5.77. The maximum absolute atomic E-state index is 11.8. The Balaban J connectivity index is 1.98. The molecule has 2 rings (SSSR count). The molecule has 5 heteroatoms. The van der Waals surface area contributed by atoms with E-state index in [9.17, 15) is 9.59 Å². The van der Waals surface area contributed by atoms with Gasteiger partial charge in [0.2, 0.25) is 0 Å². The van der Waals surface area contributed by atoms with Gasteiger partial charge in [-0.15, -0.1) is 0 Å². The molecule has 1 heterocycles. The minimum atomic E-state index is -0.266. The molecule has 2 aromatic rings. The quantitative estimate of drug-likeness (QED) is 0.657. The third-order valence-electron chi connectivity index (χ3n) is 2.78. The van der Waals surface area contributed by atoms with Gasteiger partial charge in [-0.3, -0.25) is 9.59 Å². The minimum Gasteiger partial charge on any atom is -0.466 e. The number of carbonyl (C=O) groups excluding carboxylic acids is 1. The summed E-state index contributed by atoms with van der Waals surface area (Å²) in [4.78, 5) is 29.6. The number of rotatable bonds is 5. The number of esters is 1. The smallest absolute Gasteiger partial charge is 0.302 e. The standard InChI is InChI=1S/C14H16N2O3/c1-10(17)19-9-5-4-8-13-15-12-7-3-2-6-11(12)14(18)16-13/h2-3,6-7H,4-5,8-9H2,1H3,(H,15,16,18). The van der Waals surface area contributed by atoms with Crippen LogP contribution in [-0.2, 0) is 16.0 Å². The van der Waals surface area contributed by atoms with E-state index < -0.39 is 0 Å². The van der Waals surface area contributed by atoms with E-state index in [0.717, 1.165) is 12.8 Å². The number of aromatic nitrogens is 2. The monoisotopic (exact) mass is 260 g/mol. The SMILES string of the molecule is CC(=O)OCCCCc1nc2ccccc2c(=O)[nH]1. The van der Waals surface area contributed by atoms with Gasteiger partial charge in [0.15, 0.2) is 0 Å². The predicted octanol–water partition coefficient (Wildman–Crippen LogP) is 1.81. The maximum atomic E-state index is 11.8. The number of hydrogen-bond acceptors (Lipinski definition) is 4. The first-order valence-electron chi connectivity index (χ1n) is 6.28. The molecule has 0 spiro atoms. The fourth-order valence-corrected chi connectivity index (χ4v) is 1.86. The molecule has 0 saturated carbocycles. The van der Waals surface area contributed by atoms with Crippen molar-refractivity contribution in [2.45, 2.75) is 26.2 Å². The van der Waals surface area contributed by atoms with Gasteiger partial charge in [-0.2, -0.15) is 0 Å². The lowest BCUT2D eigenvalue weighted by Crippen LogP contribution is -2.12. The summed E-state index contributed by atoms with van der Waals surface area (Å²) in [5.74, 6) is 0.406. The van der Waals surface area contributed by atoms with Crippen LogP contribution in [-0.4, -0.2) is 22.5 Å². The van der Waals surface area contributed by atoms with Crippen molar-refractivity contribution in [1.82, 2.24) is 9.97 Å². The lowest BCUT2D eigenvalue weighted by atomic mass is 10.2. The lowest BCUT2D eigenvalue weighted by Gasteiger charge is -2.03. The number of nitrogens with one attached hydrogen (secondary N) is 1. The Morgan fingerprint density at radius 3 is 2.89 bits per heavy atom. The van der Waals surface area contributed by atoms with Crippen LogP contribution in [0, 0.1) is 0 Å². The second-order valence-electron chi connectivity index (χ2n) is 4.33. The maximum Gasteiger partial charge on any atom is 0.302 e. The van der Waals surface area contributed by atoms with E-state index in [1.54, 1.807) is 6.07 Å². The van der Waals surface area contributed by atoms with Crippen molar-refractivity contribution in [1.29, 1.82) is 0 Å². The molecule has 0 bridgehead atoms. The molecule has 1 aromatic carbocycles. The molecule has 0 radical (unpaired) electrons. The van der Waals surface area contributed by atoms with E-state index in [1.165, 1.54) is 6.92 Å². The van der Waals surface area contributed by atoms with Crippen molar-refractivity contribution < 1.29 is 9.53 Å². The third kappa shape index (κ3) is 3.64. The summed E-state index contributed by atoms with van der Waals surface area (Å²) in [6, 6.07) is 7.26. The van der Waals surface area contributed by atoms with E-state index in [-0.39, 0.29) is 11.5 Å². The summed E-state index contributed by atoms with van der Waals surface area (Å²) >= 11 is 0. The van der Waals surface area contributed by atoms with E-state index in [2.05, 4.69) is 9.97 Å². The second kappa shape index (κ2) is 6.13. The van der Waals surface area contributed by atoms with E-state index >= 15 is 0 Å². The molecule has 0 saturated heterocycles. The van der Waals surface area contributed by atoms with Crippen LogP contribution in [0.15, 0.2) is 29.1 Å². The highest BCUT2D eigenvalue weighted by Gasteiger charge is 2.03. The zero-order valence-corrected chi connectivity index (χ0v) is 10.8. The van der Waals surface area contributed by atoms with Crippen LogP contribution in [0.2, 0.25) is 0 Å². The van der Waals surface area contributed by atoms with Gasteiger partial charge in [0.05, 0.1) is 17.5 Å². The molecule has 1 aromatic heterocycles. The van der Waals surface area contributed by atoms with Crippen LogP contribution in [0.5, 0.6) is 0 Å². The number of carbonyl (C=O) groups is 1. The highest BCUT2D eigenvalue weighted by Crippen LogP contribution is 2.07. The molecular weight excluding hydrogens is 244 g/mol. The van der Waals surface area contributed by atoms with Crippen molar-refractivity contribution in [3.63, 3.8) is 0 Å². The Hall–Kier alpha value is -2.17. The first kappa shape index (κ1) is 13.3. The Morgan fingerprint density at radius 1 is 1.32 bits per heavy atom. The van der Waals surface area contributed by atoms with Crippen LogP contribution in [0.4, 0.5) is 0 Å². The summed E-state index contributed by atoms with van der Waals surface area (Å²) in [6.07, 6.45) is 2.24. The average Bonchev–Trinajstić information content (AvgIpc) is 2.38. The molecule has 100 valence electrons. The Morgan fingerprint density at radius 2 is 2.11 bits per heavy atom. The van der Waals surface area contributed by atoms with Crippen LogP contribution in [0.1, 0.15) is 25.6 Å². The van der Waals surface area contributed by atoms with Gasteiger partial charge < -0.3 is 9.72 Å².